The Kier molecular flexibility index (Phi) is 7.11. The first-order chi connectivity index (χ1) is 14.5. The van der Waals surface area contributed by atoms with Crippen LogP contribution in [0.4, 0.5) is 14.5 Å². The zero-order valence-electron chi connectivity index (χ0n) is 15.2. The van der Waals surface area contributed by atoms with Crippen molar-refractivity contribution in [1.29, 1.82) is 0 Å². The number of halogens is 4. The van der Waals surface area contributed by atoms with Gasteiger partial charge in [-0.15, -0.1) is 0 Å². The summed E-state index contributed by atoms with van der Waals surface area (Å²) in [5.41, 5.74) is 6.14. The Labute approximate surface area is 181 Å². The molecule has 30 heavy (non-hydrogen) atoms. The molecule has 0 fully saturated rings. The van der Waals surface area contributed by atoms with Crippen molar-refractivity contribution in [2.75, 3.05) is 5.43 Å². The summed E-state index contributed by atoms with van der Waals surface area (Å²) in [4.78, 5) is 12.1. The van der Waals surface area contributed by atoms with Gasteiger partial charge in [0.25, 0.3) is 5.91 Å². The summed E-state index contributed by atoms with van der Waals surface area (Å²) in [6, 6.07) is 14.8. The predicted molar refractivity (Wildman–Crippen MR) is 116 cm³/mol. The third kappa shape index (κ3) is 5.40. The Hall–Kier alpha value is -3.29. The maximum atomic E-state index is 13.7. The summed E-state index contributed by atoms with van der Waals surface area (Å²) in [5, 5.41) is 8.08. The molecule has 1 amide bonds. The molecule has 0 saturated carbocycles. The molecule has 3 aromatic rings. The van der Waals surface area contributed by atoms with Crippen molar-refractivity contribution >= 4 is 47.2 Å². The van der Waals surface area contributed by atoms with E-state index in [0.717, 1.165) is 6.21 Å². The molecule has 5 nitrogen and oxygen atoms in total. The monoisotopic (exact) mass is 446 g/mol. The van der Waals surface area contributed by atoms with E-state index in [4.69, 9.17) is 23.2 Å². The molecule has 0 atom stereocenters. The van der Waals surface area contributed by atoms with Crippen molar-refractivity contribution < 1.29 is 13.6 Å². The third-order valence-electron chi connectivity index (χ3n) is 3.89. The molecule has 3 aromatic carbocycles. The lowest BCUT2D eigenvalue weighted by atomic mass is 10.2. The van der Waals surface area contributed by atoms with Gasteiger partial charge in [0.05, 0.1) is 28.2 Å². The first-order valence-corrected chi connectivity index (χ1v) is 9.32. The molecule has 0 aromatic heterocycles. The van der Waals surface area contributed by atoms with Crippen LogP contribution in [-0.4, -0.2) is 18.3 Å². The second-order valence-corrected chi connectivity index (χ2v) is 6.73. The highest BCUT2D eigenvalue weighted by atomic mass is 35.5. The largest absolute Gasteiger partial charge is 0.279 e. The van der Waals surface area contributed by atoms with E-state index in [-0.39, 0.29) is 21.2 Å². The standard InChI is InChI=1S/C21H14Cl2F2N4O/c22-17-3-1-5-19(24)15(17)11-26-28-14-9-7-13(8-10-14)21(30)29-27-12-16-18(23)4-2-6-20(16)25/h1-12,28H,(H,29,30)/b26-11+,27-12+. The summed E-state index contributed by atoms with van der Waals surface area (Å²) in [6.45, 7) is 0. The molecule has 0 aliphatic carbocycles. The second-order valence-electron chi connectivity index (χ2n) is 5.92. The summed E-state index contributed by atoms with van der Waals surface area (Å²) in [7, 11) is 0. The number of anilines is 1. The highest BCUT2D eigenvalue weighted by Crippen LogP contribution is 2.18. The molecule has 0 aliphatic heterocycles. The minimum atomic E-state index is -0.548. The molecule has 2 N–H and O–H groups in total. The van der Waals surface area contributed by atoms with Crippen LogP contribution in [0.5, 0.6) is 0 Å². The van der Waals surface area contributed by atoms with Crippen LogP contribution in [0.3, 0.4) is 0 Å². The zero-order valence-corrected chi connectivity index (χ0v) is 16.8. The van der Waals surface area contributed by atoms with E-state index in [1.165, 1.54) is 48.7 Å². The molecule has 152 valence electrons. The van der Waals surface area contributed by atoms with E-state index in [1.54, 1.807) is 18.2 Å². The molecule has 0 spiro atoms. The fourth-order valence-electron chi connectivity index (χ4n) is 2.36. The van der Waals surface area contributed by atoms with Gasteiger partial charge in [-0.3, -0.25) is 10.2 Å². The van der Waals surface area contributed by atoms with E-state index < -0.39 is 17.5 Å². The number of benzene rings is 3. The normalized spacial score (nSPS) is 11.2. The van der Waals surface area contributed by atoms with Gasteiger partial charge in [0.2, 0.25) is 0 Å². The van der Waals surface area contributed by atoms with Crippen molar-refractivity contribution in [3.05, 3.63) is 99.0 Å². The van der Waals surface area contributed by atoms with Crippen molar-refractivity contribution in [3.8, 4) is 0 Å². The van der Waals surface area contributed by atoms with E-state index in [1.807, 2.05) is 0 Å². The van der Waals surface area contributed by atoms with E-state index in [2.05, 4.69) is 21.1 Å². The maximum absolute atomic E-state index is 13.7. The van der Waals surface area contributed by atoms with Crippen molar-refractivity contribution in [3.63, 3.8) is 0 Å². The Balaban J connectivity index is 1.59. The van der Waals surface area contributed by atoms with Crippen molar-refractivity contribution in [2.24, 2.45) is 10.2 Å². The summed E-state index contributed by atoms with van der Waals surface area (Å²) in [6.07, 6.45) is 2.40. The van der Waals surface area contributed by atoms with E-state index >= 15 is 0 Å². The van der Waals surface area contributed by atoms with Gasteiger partial charge >= 0.3 is 0 Å². The molecule has 0 heterocycles. The average Bonchev–Trinajstić information content (AvgIpc) is 2.73. The molecule has 0 unspecified atom stereocenters. The van der Waals surface area contributed by atoms with Gasteiger partial charge in [-0.1, -0.05) is 35.3 Å². The predicted octanol–water partition coefficient (Wildman–Crippen LogP) is 5.48. The summed E-state index contributed by atoms with van der Waals surface area (Å²) in [5.74, 6) is -1.53. The number of carbonyl (C=O) groups excluding carboxylic acids is 1. The highest BCUT2D eigenvalue weighted by Gasteiger charge is 2.07. The van der Waals surface area contributed by atoms with Crippen LogP contribution in [0.2, 0.25) is 10.0 Å². The number of nitrogens with one attached hydrogen (secondary N) is 2. The van der Waals surface area contributed by atoms with Gasteiger partial charge in [-0.25, -0.2) is 14.2 Å². The number of nitrogens with zero attached hydrogens (tertiary/aromatic N) is 2. The summed E-state index contributed by atoms with van der Waals surface area (Å²) < 4.78 is 27.3. The number of hydrogen-bond donors (Lipinski definition) is 2. The van der Waals surface area contributed by atoms with Gasteiger partial charge in [0.1, 0.15) is 11.6 Å². The van der Waals surface area contributed by atoms with Crippen LogP contribution < -0.4 is 10.9 Å². The Morgan fingerprint density at radius 3 is 1.87 bits per heavy atom. The highest BCUT2D eigenvalue weighted by molar-refractivity contribution is 6.33. The van der Waals surface area contributed by atoms with Crippen LogP contribution in [0.1, 0.15) is 21.5 Å². The third-order valence-corrected chi connectivity index (χ3v) is 4.55. The van der Waals surface area contributed by atoms with Gasteiger partial charge in [-0.05, 0) is 48.5 Å². The molecule has 0 radical (unpaired) electrons. The van der Waals surface area contributed by atoms with Crippen LogP contribution in [0, 0.1) is 11.6 Å². The lowest BCUT2D eigenvalue weighted by molar-refractivity contribution is 0.0955. The minimum Gasteiger partial charge on any atom is -0.279 e. The Morgan fingerprint density at radius 1 is 0.800 bits per heavy atom. The minimum absolute atomic E-state index is 0.0758. The molecular formula is C21H14Cl2F2N4O. The SMILES string of the molecule is O=C(N/N=C/c1c(F)cccc1Cl)c1ccc(N/N=C/c2c(F)cccc2Cl)cc1. The topological polar surface area (TPSA) is 65.8 Å². The number of amides is 1. The van der Waals surface area contributed by atoms with Crippen LogP contribution in [0.25, 0.3) is 0 Å². The van der Waals surface area contributed by atoms with Gasteiger partial charge in [0, 0.05) is 16.7 Å². The molecule has 9 heteroatoms. The molecule has 0 bridgehead atoms. The van der Waals surface area contributed by atoms with E-state index in [9.17, 15) is 13.6 Å². The maximum Gasteiger partial charge on any atom is 0.271 e. The lowest BCUT2D eigenvalue weighted by Gasteiger charge is -2.04. The van der Waals surface area contributed by atoms with Gasteiger partial charge in [0.15, 0.2) is 0 Å². The van der Waals surface area contributed by atoms with Crippen LogP contribution >= 0.6 is 23.2 Å². The van der Waals surface area contributed by atoms with Crippen LogP contribution in [0.15, 0.2) is 70.9 Å². The average molecular weight is 447 g/mol. The summed E-state index contributed by atoms with van der Waals surface area (Å²) >= 11 is 11.8. The van der Waals surface area contributed by atoms with E-state index in [0.29, 0.717) is 11.3 Å². The van der Waals surface area contributed by atoms with Crippen molar-refractivity contribution in [1.82, 2.24) is 5.43 Å². The fourth-order valence-corrected chi connectivity index (χ4v) is 2.78. The Bertz CT molecular complexity index is 1080. The number of carbonyl (C=O) groups is 1. The zero-order chi connectivity index (χ0) is 21.5. The number of hydrazone groups is 2. The first kappa shape index (κ1) is 21.4. The molecule has 0 saturated heterocycles. The molecular weight excluding hydrogens is 433 g/mol. The number of rotatable bonds is 6. The molecule has 0 aliphatic rings. The lowest BCUT2D eigenvalue weighted by Crippen LogP contribution is -2.17. The fraction of sp³-hybridized carbons (Fsp3) is 0. The second kappa shape index (κ2) is 9.96. The van der Waals surface area contributed by atoms with Gasteiger partial charge < -0.3 is 0 Å². The van der Waals surface area contributed by atoms with Gasteiger partial charge in [-0.2, -0.15) is 10.2 Å². The smallest absolute Gasteiger partial charge is 0.271 e. The number of hydrogen-bond acceptors (Lipinski definition) is 4. The quantitative estimate of drug-likeness (QED) is 0.388. The Morgan fingerprint density at radius 2 is 1.33 bits per heavy atom. The van der Waals surface area contributed by atoms with Crippen molar-refractivity contribution in [2.45, 2.75) is 0 Å². The van der Waals surface area contributed by atoms with Crippen LogP contribution in [-0.2, 0) is 0 Å². The first-order valence-electron chi connectivity index (χ1n) is 8.56. The molecule has 3 rings (SSSR count).